The van der Waals surface area contributed by atoms with Gasteiger partial charge in [-0.05, 0) is 75.5 Å². The minimum Gasteiger partial charge on any atom is -0.352 e. The molecule has 1 amide bonds. The van der Waals surface area contributed by atoms with E-state index in [1.165, 1.54) is 32.7 Å². The Morgan fingerprint density at radius 2 is 1.05 bits per heavy atom. The summed E-state index contributed by atoms with van der Waals surface area (Å²) in [5.74, 6) is -0.0398. The molecule has 0 aliphatic carbocycles. The van der Waals surface area contributed by atoms with E-state index in [2.05, 4.69) is 119 Å². The predicted molar refractivity (Wildman–Crippen MR) is 163 cm³/mol. The van der Waals surface area contributed by atoms with Gasteiger partial charge in [0.1, 0.15) is 0 Å². The van der Waals surface area contributed by atoms with Gasteiger partial charge in [0, 0.05) is 30.0 Å². The van der Waals surface area contributed by atoms with Crippen molar-refractivity contribution in [1.82, 2.24) is 5.32 Å². The number of anilines is 2. The summed E-state index contributed by atoms with van der Waals surface area (Å²) in [5.41, 5.74) is 5.46. The van der Waals surface area contributed by atoms with Crippen molar-refractivity contribution in [2.24, 2.45) is 0 Å². The van der Waals surface area contributed by atoms with Crippen LogP contribution in [0.2, 0.25) is 0 Å². The first-order valence-corrected chi connectivity index (χ1v) is 13.4. The summed E-state index contributed by atoms with van der Waals surface area (Å²) in [5, 5.41) is 7.98. The molecule has 190 valence electrons. The van der Waals surface area contributed by atoms with Crippen molar-refractivity contribution in [1.29, 1.82) is 0 Å². The average molecular weight is 507 g/mol. The number of nitrogens with zero attached hydrogens (tertiary/aromatic N) is 1. The minimum atomic E-state index is -0.0398. The topological polar surface area (TPSA) is 32.3 Å². The first-order chi connectivity index (χ1) is 19.2. The summed E-state index contributed by atoms with van der Waals surface area (Å²) >= 11 is 0. The maximum absolute atomic E-state index is 12.6. The molecule has 0 spiro atoms. The summed E-state index contributed by atoms with van der Waals surface area (Å²) in [6, 6.07) is 48.2. The molecule has 0 aliphatic rings. The fraction of sp³-hybridized carbons (Fsp3) is 0.0833. The van der Waals surface area contributed by atoms with Gasteiger partial charge < -0.3 is 10.2 Å². The Bertz CT molecular complexity index is 1660. The predicted octanol–water partition coefficient (Wildman–Crippen LogP) is 8.30. The van der Waals surface area contributed by atoms with Gasteiger partial charge in [0.15, 0.2) is 0 Å². The highest BCUT2D eigenvalue weighted by Crippen LogP contribution is 2.33. The highest BCUT2D eigenvalue weighted by Gasteiger charge is 2.14. The molecule has 1 N–H and O–H groups in total. The minimum absolute atomic E-state index is 0.0398. The van der Waals surface area contributed by atoms with E-state index in [0.29, 0.717) is 12.1 Å². The van der Waals surface area contributed by atoms with E-state index in [9.17, 15) is 4.79 Å². The number of carbonyl (C=O) groups excluding carboxylic acids is 1. The average Bonchev–Trinajstić information content (AvgIpc) is 3.00. The van der Waals surface area contributed by atoms with E-state index < -0.39 is 0 Å². The van der Waals surface area contributed by atoms with Gasteiger partial charge in [-0.1, -0.05) is 103 Å². The van der Waals surface area contributed by atoms with Crippen molar-refractivity contribution in [3.8, 4) is 0 Å². The summed E-state index contributed by atoms with van der Waals surface area (Å²) in [6.45, 7) is 1.30. The molecular weight excluding hydrogens is 476 g/mol. The monoisotopic (exact) mass is 506 g/mol. The number of hydrogen-bond donors (Lipinski definition) is 1. The quantitative estimate of drug-likeness (QED) is 0.225. The molecule has 0 fully saturated rings. The van der Waals surface area contributed by atoms with Crippen molar-refractivity contribution in [3.05, 3.63) is 156 Å². The Labute approximate surface area is 229 Å². The second-order valence-corrected chi connectivity index (χ2v) is 9.79. The smallest absolute Gasteiger partial charge is 0.251 e. The van der Waals surface area contributed by atoms with Gasteiger partial charge in [-0.3, -0.25) is 4.79 Å². The molecule has 0 heterocycles. The standard InChI is InChI=1S/C36H30N2O/c39-36(30-13-2-1-3-14-30)37-23-22-29-12-6-9-17-33(29)26-38(34-20-18-27-10-4-7-15-31(27)24-34)35-21-19-28-11-5-8-16-32(28)25-35/h1-21,24-25H,22-23,26H2,(H,37,39). The van der Waals surface area contributed by atoms with Crippen LogP contribution in [-0.2, 0) is 13.0 Å². The second-order valence-electron chi connectivity index (χ2n) is 9.79. The molecule has 6 rings (SSSR count). The third-order valence-corrected chi connectivity index (χ3v) is 7.25. The van der Waals surface area contributed by atoms with E-state index in [-0.39, 0.29) is 5.91 Å². The van der Waals surface area contributed by atoms with Gasteiger partial charge in [-0.25, -0.2) is 0 Å². The van der Waals surface area contributed by atoms with E-state index in [4.69, 9.17) is 0 Å². The molecule has 0 saturated heterocycles. The fourth-order valence-electron chi connectivity index (χ4n) is 5.15. The maximum Gasteiger partial charge on any atom is 0.251 e. The Morgan fingerprint density at radius 1 is 0.538 bits per heavy atom. The lowest BCUT2D eigenvalue weighted by molar-refractivity contribution is 0.0954. The lowest BCUT2D eigenvalue weighted by Crippen LogP contribution is -2.26. The number of carbonyl (C=O) groups is 1. The van der Waals surface area contributed by atoms with Crippen LogP contribution in [0.15, 0.2) is 140 Å². The van der Waals surface area contributed by atoms with Crippen LogP contribution < -0.4 is 10.2 Å². The van der Waals surface area contributed by atoms with E-state index in [1.54, 1.807) is 0 Å². The molecule has 0 aliphatic heterocycles. The van der Waals surface area contributed by atoms with E-state index in [1.807, 2.05) is 30.3 Å². The molecule has 0 saturated carbocycles. The Kier molecular flexibility index (Phi) is 7.05. The Hall–Kier alpha value is -4.89. The van der Waals surface area contributed by atoms with Gasteiger partial charge in [-0.2, -0.15) is 0 Å². The number of amides is 1. The summed E-state index contributed by atoms with van der Waals surface area (Å²) < 4.78 is 0. The van der Waals surface area contributed by atoms with Crippen LogP contribution >= 0.6 is 0 Å². The Balaban J connectivity index is 1.31. The number of nitrogens with one attached hydrogen (secondary N) is 1. The zero-order valence-electron chi connectivity index (χ0n) is 21.8. The van der Waals surface area contributed by atoms with Gasteiger partial charge in [0.05, 0.1) is 0 Å². The van der Waals surface area contributed by atoms with Crippen molar-refractivity contribution in [2.75, 3.05) is 11.4 Å². The SMILES string of the molecule is O=C(NCCc1ccccc1CN(c1ccc2ccccc2c1)c1ccc2ccccc2c1)c1ccccc1. The first kappa shape index (κ1) is 24.4. The Morgan fingerprint density at radius 3 is 1.67 bits per heavy atom. The molecule has 3 nitrogen and oxygen atoms in total. The highest BCUT2D eigenvalue weighted by atomic mass is 16.1. The summed E-state index contributed by atoms with van der Waals surface area (Å²) in [7, 11) is 0. The molecule has 6 aromatic carbocycles. The van der Waals surface area contributed by atoms with Gasteiger partial charge in [-0.15, -0.1) is 0 Å². The highest BCUT2D eigenvalue weighted by molar-refractivity contribution is 5.94. The number of benzene rings is 6. The number of rotatable bonds is 8. The lowest BCUT2D eigenvalue weighted by atomic mass is 10.0. The van der Waals surface area contributed by atoms with Crippen LogP contribution in [0.25, 0.3) is 21.5 Å². The second kappa shape index (κ2) is 11.2. The van der Waals surface area contributed by atoms with Crippen LogP contribution in [0.4, 0.5) is 11.4 Å². The molecule has 0 unspecified atom stereocenters. The summed E-state index contributed by atoms with van der Waals surface area (Å²) in [4.78, 5) is 15.0. The van der Waals surface area contributed by atoms with Crippen molar-refractivity contribution in [2.45, 2.75) is 13.0 Å². The van der Waals surface area contributed by atoms with Crippen LogP contribution in [0.1, 0.15) is 21.5 Å². The molecule has 0 aromatic heterocycles. The van der Waals surface area contributed by atoms with Crippen LogP contribution in [0, 0.1) is 0 Å². The largest absolute Gasteiger partial charge is 0.352 e. The van der Waals surface area contributed by atoms with Crippen molar-refractivity contribution < 1.29 is 4.79 Å². The molecule has 3 heteroatoms. The molecule has 39 heavy (non-hydrogen) atoms. The lowest BCUT2D eigenvalue weighted by Gasteiger charge is -2.27. The van der Waals surface area contributed by atoms with E-state index >= 15 is 0 Å². The van der Waals surface area contributed by atoms with Crippen LogP contribution in [0.5, 0.6) is 0 Å². The fourth-order valence-corrected chi connectivity index (χ4v) is 5.15. The summed E-state index contributed by atoms with van der Waals surface area (Å²) in [6.07, 6.45) is 0.762. The van der Waals surface area contributed by atoms with Crippen molar-refractivity contribution >= 4 is 38.8 Å². The van der Waals surface area contributed by atoms with Gasteiger partial charge in [0.2, 0.25) is 0 Å². The molecule has 0 radical (unpaired) electrons. The molecule has 0 bridgehead atoms. The first-order valence-electron chi connectivity index (χ1n) is 13.4. The van der Waals surface area contributed by atoms with Crippen molar-refractivity contribution in [3.63, 3.8) is 0 Å². The number of hydrogen-bond acceptors (Lipinski definition) is 2. The third-order valence-electron chi connectivity index (χ3n) is 7.25. The molecule has 0 atom stereocenters. The van der Waals surface area contributed by atoms with Crippen LogP contribution in [-0.4, -0.2) is 12.5 Å². The zero-order valence-corrected chi connectivity index (χ0v) is 21.8. The van der Waals surface area contributed by atoms with Crippen LogP contribution in [0.3, 0.4) is 0 Å². The van der Waals surface area contributed by atoms with Gasteiger partial charge in [0.25, 0.3) is 5.91 Å². The van der Waals surface area contributed by atoms with Gasteiger partial charge >= 0.3 is 0 Å². The zero-order chi connectivity index (χ0) is 26.4. The number of fused-ring (bicyclic) bond motifs is 2. The van der Waals surface area contributed by atoms with E-state index in [0.717, 1.165) is 24.3 Å². The maximum atomic E-state index is 12.6. The normalized spacial score (nSPS) is 11.0. The molecule has 6 aromatic rings. The molecular formula is C36H30N2O. The third kappa shape index (κ3) is 5.53.